The number of morpholine rings is 1. The van der Waals surface area contributed by atoms with Gasteiger partial charge in [0.1, 0.15) is 6.26 Å². The van der Waals surface area contributed by atoms with Crippen LogP contribution in [0, 0.1) is 0 Å². The van der Waals surface area contributed by atoms with E-state index in [1.54, 1.807) is 14.2 Å². The van der Waals surface area contributed by atoms with Gasteiger partial charge in [-0.1, -0.05) is 42.5 Å². The molecule has 37 heavy (non-hydrogen) atoms. The average molecular weight is 509 g/mol. The van der Waals surface area contributed by atoms with Crippen molar-refractivity contribution >= 4 is 5.91 Å². The molecule has 1 aliphatic heterocycles. The SMILES string of the molecule is COc1cccc(CN(Cc2nc(C(=O)NCCN3CCOCC3)co2)C(C)c2ccccc2)c1OC. The molecular weight excluding hydrogens is 472 g/mol. The molecule has 198 valence electrons. The molecule has 1 N–H and O–H groups in total. The van der Waals surface area contributed by atoms with Gasteiger partial charge in [-0.25, -0.2) is 4.98 Å². The summed E-state index contributed by atoms with van der Waals surface area (Å²) in [6.45, 7) is 7.70. The highest BCUT2D eigenvalue weighted by Gasteiger charge is 2.22. The number of carbonyl (C=O) groups excluding carboxylic acids is 1. The van der Waals surface area contributed by atoms with Gasteiger partial charge in [-0.05, 0) is 18.6 Å². The van der Waals surface area contributed by atoms with E-state index < -0.39 is 0 Å². The quantitative estimate of drug-likeness (QED) is 0.398. The lowest BCUT2D eigenvalue weighted by molar-refractivity contribution is 0.0383. The number of nitrogens with zero attached hydrogens (tertiary/aromatic N) is 3. The number of rotatable bonds is 12. The normalized spacial score (nSPS) is 14.9. The first kappa shape index (κ1) is 26.7. The molecule has 2 aromatic carbocycles. The van der Waals surface area contributed by atoms with E-state index in [-0.39, 0.29) is 17.6 Å². The third kappa shape index (κ3) is 7.09. The van der Waals surface area contributed by atoms with Crippen molar-refractivity contribution in [2.75, 3.05) is 53.6 Å². The van der Waals surface area contributed by atoms with Gasteiger partial charge in [0.05, 0.1) is 34.0 Å². The Bertz CT molecular complexity index is 1130. The molecule has 9 nitrogen and oxygen atoms in total. The fraction of sp³-hybridized carbons (Fsp3) is 0.429. The summed E-state index contributed by atoms with van der Waals surface area (Å²) in [5, 5.41) is 2.94. The van der Waals surface area contributed by atoms with Crippen LogP contribution in [0.4, 0.5) is 0 Å². The Balaban J connectivity index is 1.46. The minimum Gasteiger partial charge on any atom is -0.493 e. The summed E-state index contributed by atoms with van der Waals surface area (Å²) < 4.78 is 22.3. The molecule has 0 bridgehead atoms. The highest BCUT2D eigenvalue weighted by Crippen LogP contribution is 2.34. The second-order valence-electron chi connectivity index (χ2n) is 8.98. The summed E-state index contributed by atoms with van der Waals surface area (Å²) in [4.78, 5) is 21.7. The number of methoxy groups -OCH3 is 2. The second kappa shape index (κ2) is 13.2. The zero-order valence-electron chi connectivity index (χ0n) is 21.8. The van der Waals surface area contributed by atoms with Crippen LogP contribution in [0.25, 0.3) is 0 Å². The standard InChI is InChI=1S/C28H36N4O5/c1-21(22-8-5-4-6-9-22)32(18-23-10-7-11-25(34-2)27(23)35-3)19-26-30-24(20-37-26)28(33)29-12-13-31-14-16-36-17-15-31/h4-11,20-21H,12-19H2,1-3H3,(H,29,33). The molecule has 2 heterocycles. The molecule has 3 aromatic rings. The van der Waals surface area contributed by atoms with Gasteiger partial charge >= 0.3 is 0 Å². The van der Waals surface area contributed by atoms with Crippen LogP contribution in [-0.2, 0) is 17.8 Å². The number of hydrogen-bond acceptors (Lipinski definition) is 8. The molecule has 9 heteroatoms. The van der Waals surface area contributed by atoms with Gasteiger partial charge in [0.15, 0.2) is 17.2 Å². The Labute approximate surface area is 218 Å². The molecule has 1 unspecified atom stereocenters. The number of oxazole rings is 1. The van der Waals surface area contributed by atoms with Crippen molar-refractivity contribution in [3.8, 4) is 11.5 Å². The molecule has 1 aliphatic rings. The van der Waals surface area contributed by atoms with Crippen LogP contribution in [-0.4, -0.2) is 74.3 Å². The van der Waals surface area contributed by atoms with E-state index in [9.17, 15) is 4.79 Å². The van der Waals surface area contributed by atoms with E-state index in [0.717, 1.165) is 44.0 Å². The van der Waals surface area contributed by atoms with Crippen molar-refractivity contribution < 1.29 is 23.4 Å². The van der Waals surface area contributed by atoms with Crippen LogP contribution < -0.4 is 14.8 Å². The largest absolute Gasteiger partial charge is 0.493 e. The molecule has 0 radical (unpaired) electrons. The molecule has 1 saturated heterocycles. The second-order valence-corrected chi connectivity index (χ2v) is 8.98. The zero-order chi connectivity index (χ0) is 26.0. The summed E-state index contributed by atoms with van der Waals surface area (Å²) in [5.41, 5.74) is 2.43. The van der Waals surface area contributed by atoms with Crippen molar-refractivity contribution in [2.24, 2.45) is 0 Å². The number of hydrogen-bond donors (Lipinski definition) is 1. The maximum absolute atomic E-state index is 12.7. The van der Waals surface area contributed by atoms with Crippen molar-refractivity contribution in [3.63, 3.8) is 0 Å². The Morgan fingerprint density at radius 1 is 1.08 bits per heavy atom. The van der Waals surface area contributed by atoms with Crippen molar-refractivity contribution in [2.45, 2.75) is 26.1 Å². The first-order chi connectivity index (χ1) is 18.1. The Kier molecular flexibility index (Phi) is 9.53. The zero-order valence-corrected chi connectivity index (χ0v) is 21.8. The fourth-order valence-electron chi connectivity index (χ4n) is 4.47. The van der Waals surface area contributed by atoms with Gasteiger partial charge in [0, 0.05) is 44.3 Å². The van der Waals surface area contributed by atoms with E-state index in [4.69, 9.17) is 18.6 Å². The summed E-state index contributed by atoms with van der Waals surface area (Å²) in [6, 6.07) is 16.2. The van der Waals surface area contributed by atoms with E-state index in [2.05, 4.69) is 39.2 Å². The van der Waals surface area contributed by atoms with Crippen molar-refractivity contribution in [1.82, 2.24) is 20.1 Å². The molecule has 1 aromatic heterocycles. The molecule has 1 amide bonds. The molecule has 4 rings (SSSR count). The van der Waals surface area contributed by atoms with Crippen molar-refractivity contribution in [1.29, 1.82) is 0 Å². The molecule has 0 saturated carbocycles. The third-order valence-corrected chi connectivity index (χ3v) is 6.63. The molecule has 0 spiro atoms. The van der Waals surface area contributed by atoms with Gasteiger partial charge in [-0.2, -0.15) is 0 Å². The fourth-order valence-corrected chi connectivity index (χ4v) is 4.47. The summed E-state index contributed by atoms with van der Waals surface area (Å²) in [6.07, 6.45) is 1.43. The van der Waals surface area contributed by atoms with Gasteiger partial charge in [-0.15, -0.1) is 0 Å². The van der Waals surface area contributed by atoms with Crippen LogP contribution in [0.1, 0.15) is 40.5 Å². The lowest BCUT2D eigenvalue weighted by Gasteiger charge is -2.29. The molecule has 1 atom stereocenters. The third-order valence-electron chi connectivity index (χ3n) is 6.63. The number of amides is 1. The Morgan fingerprint density at radius 2 is 1.86 bits per heavy atom. The van der Waals surface area contributed by atoms with E-state index in [1.165, 1.54) is 6.26 Å². The van der Waals surface area contributed by atoms with Crippen LogP contribution >= 0.6 is 0 Å². The summed E-state index contributed by atoms with van der Waals surface area (Å²) >= 11 is 0. The highest BCUT2D eigenvalue weighted by molar-refractivity contribution is 5.91. The minimum atomic E-state index is -0.236. The predicted molar refractivity (Wildman–Crippen MR) is 140 cm³/mol. The maximum Gasteiger partial charge on any atom is 0.273 e. The van der Waals surface area contributed by atoms with E-state index >= 15 is 0 Å². The smallest absolute Gasteiger partial charge is 0.273 e. The van der Waals surface area contributed by atoms with Crippen LogP contribution in [0.3, 0.4) is 0 Å². The topological polar surface area (TPSA) is 89.3 Å². The monoisotopic (exact) mass is 508 g/mol. The summed E-state index contributed by atoms with van der Waals surface area (Å²) in [7, 11) is 3.27. The van der Waals surface area contributed by atoms with Gasteiger partial charge in [0.2, 0.25) is 5.89 Å². The first-order valence-electron chi connectivity index (χ1n) is 12.6. The van der Waals surface area contributed by atoms with Gasteiger partial charge < -0.3 is 23.9 Å². The van der Waals surface area contributed by atoms with E-state index in [1.807, 2.05) is 36.4 Å². The molecular formula is C28H36N4O5. The number of aromatic nitrogens is 1. The van der Waals surface area contributed by atoms with Gasteiger partial charge in [-0.3, -0.25) is 14.6 Å². The number of carbonyl (C=O) groups is 1. The predicted octanol–water partition coefficient (Wildman–Crippen LogP) is 3.52. The highest BCUT2D eigenvalue weighted by atomic mass is 16.5. The van der Waals surface area contributed by atoms with Crippen molar-refractivity contribution in [3.05, 3.63) is 77.5 Å². The number of ether oxygens (including phenoxy) is 3. The molecule has 0 aliphatic carbocycles. The van der Waals surface area contributed by atoms with Crippen LogP contribution in [0.2, 0.25) is 0 Å². The lowest BCUT2D eigenvalue weighted by atomic mass is 10.1. The maximum atomic E-state index is 12.7. The number of benzene rings is 2. The minimum absolute atomic E-state index is 0.0507. The Morgan fingerprint density at radius 3 is 2.59 bits per heavy atom. The van der Waals surface area contributed by atoms with Crippen LogP contribution in [0.15, 0.2) is 59.2 Å². The Hall–Kier alpha value is -3.40. The first-order valence-corrected chi connectivity index (χ1v) is 12.6. The number of para-hydroxylation sites is 1. The average Bonchev–Trinajstić information content (AvgIpc) is 3.42. The molecule has 1 fully saturated rings. The summed E-state index contributed by atoms with van der Waals surface area (Å²) in [5.74, 6) is 1.62. The number of nitrogens with one attached hydrogen (secondary N) is 1. The van der Waals surface area contributed by atoms with Crippen LogP contribution in [0.5, 0.6) is 11.5 Å². The lowest BCUT2D eigenvalue weighted by Crippen LogP contribution is -2.41. The van der Waals surface area contributed by atoms with E-state index in [0.29, 0.717) is 37.0 Å². The van der Waals surface area contributed by atoms with Gasteiger partial charge in [0.25, 0.3) is 5.91 Å².